The van der Waals surface area contributed by atoms with E-state index in [1.54, 1.807) is 30.3 Å². The molecule has 1 saturated heterocycles. The summed E-state index contributed by atoms with van der Waals surface area (Å²) in [7, 11) is -5.07. The third-order valence-electron chi connectivity index (χ3n) is 6.96. The minimum atomic E-state index is -3.77. The highest BCUT2D eigenvalue weighted by atomic mass is 79.9. The van der Waals surface area contributed by atoms with Gasteiger partial charge in [0.1, 0.15) is 30.3 Å². The second kappa shape index (κ2) is 12.8. The van der Waals surface area contributed by atoms with Crippen LogP contribution in [0, 0.1) is 5.82 Å². The van der Waals surface area contributed by atoms with Crippen molar-refractivity contribution < 1.29 is 22.3 Å². The maximum absolute atomic E-state index is 15.7. The van der Waals surface area contributed by atoms with Crippen LogP contribution in [-0.2, 0) is 32.0 Å². The average Bonchev–Trinajstić information content (AvgIpc) is 3.29. The van der Waals surface area contributed by atoms with E-state index in [0.717, 1.165) is 21.7 Å². The first-order chi connectivity index (χ1) is 20.0. The van der Waals surface area contributed by atoms with Crippen LogP contribution in [0.1, 0.15) is 5.56 Å². The molecule has 5 rings (SSSR count). The van der Waals surface area contributed by atoms with Gasteiger partial charge in [0.25, 0.3) is 0 Å². The summed E-state index contributed by atoms with van der Waals surface area (Å²) in [6.45, 7) is 10.3. The number of morpholine rings is 1. The summed E-state index contributed by atoms with van der Waals surface area (Å²) in [6, 6.07) is 14.3. The molecule has 0 radical (unpaired) electrons. The molecule has 0 unspecified atom stereocenters. The minimum Gasteiger partial charge on any atom is -0.378 e. The fraction of sp³-hybridized carbons (Fsp3) is 0.379. The Labute approximate surface area is 255 Å². The highest BCUT2D eigenvalue weighted by Gasteiger charge is 2.23. The molecule has 1 aliphatic rings. The van der Waals surface area contributed by atoms with Crippen LogP contribution in [0.3, 0.4) is 0 Å². The van der Waals surface area contributed by atoms with Crippen LogP contribution in [-0.4, -0.2) is 63.9 Å². The molecule has 9 nitrogen and oxygen atoms in total. The molecule has 0 amide bonds. The Kier molecular flexibility index (Phi) is 9.33. The van der Waals surface area contributed by atoms with E-state index in [-0.39, 0.29) is 18.2 Å². The van der Waals surface area contributed by atoms with Gasteiger partial charge in [-0.15, -0.1) is 0 Å². The van der Waals surface area contributed by atoms with E-state index in [0.29, 0.717) is 55.4 Å². The summed E-state index contributed by atoms with van der Waals surface area (Å²) in [4.78, 5) is 11.3. The standard InChI is InChI=1S/C29H35BrFN5O4SSi/c1-42(2,3)14-13-40-20-36-27(17-25-28(32-19-33-29(25)36)35-9-11-39-12-10-35)24-8-7-23(16-26(24)31)34-41(37,38)18-21-5-4-6-22(30)15-21/h4-8,15-17,19,34H,9-14,18,20H2,1-3H3. The zero-order valence-corrected chi connectivity index (χ0v) is 27.3. The molecule has 1 fully saturated rings. The number of benzene rings is 2. The number of sulfonamides is 1. The number of rotatable bonds is 11. The molecule has 224 valence electrons. The summed E-state index contributed by atoms with van der Waals surface area (Å²) in [6.07, 6.45) is 1.52. The Balaban J connectivity index is 1.46. The van der Waals surface area contributed by atoms with Crippen LogP contribution in [0.5, 0.6) is 0 Å². The fourth-order valence-electron chi connectivity index (χ4n) is 4.81. The topological polar surface area (TPSA) is 98.6 Å². The van der Waals surface area contributed by atoms with Gasteiger partial charge >= 0.3 is 0 Å². The number of halogens is 2. The van der Waals surface area contributed by atoms with Crippen molar-refractivity contribution >= 4 is 56.6 Å². The number of ether oxygens (including phenoxy) is 2. The molecule has 1 N–H and O–H groups in total. The zero-order chi connectivity index (χ0) is 29.9. The van der Waals surface area contributed by atoms with Crippen molar-refractivity contribution in [3.05, 3.63) is 70.7 Å². The number of aromatic nitrogens is 3. The van der Waals surface area contributed by atoms with Crippen molar-refractivity contribution in [2.45, 2.75) is 38.2 Å². The van der Waals surface area contributed by atoms with Gasteiger partial charge in [0.15, 0.2) is 0 Å². The first-order valence-corrected chi connectivity index (χ1v) is 19.9. The molecule has 0 aliphatic carbocycles. The maximum Gasteiger partial charge on any atom is 0.236 e. The number of nitrogens with one attached hydrogen (secondary N) is 1. The van der Waals surface area contributed by atoms with Crippen molar-refractivity contribution in [3.63, 3.8) is 0 Å². The second-order valence-electron chi connectivity index (χ2n) is 11.5. The fourth-order valence-corrected chi connectivity index (χ4v) is 7.19. The molecule has 42 heavy (non-hydrogen) atoms. The minimum absolute atomic E-state index is 0.147. The van der Waals surface area contributed by atoms with Gasteiger partial charge in [-0.2, -0.15) is 0 Å². The Morgan fingerprint density at radius 2 is 1.88 bits per heavy atom. The molecule has 3 heterocycles. The lowest BCUT2D eigenvalue weighted by molar-refractivity contribution is 0.0908. The van der Waals surface area contributed by atoms with E-state index in [4.69, 9.17) is 9.47 Å². The highest BCUT2D eigenvalue weighted by molar-refractivity contribution is 9.10. The smallest absolute Gasteiger partial charge is 0.236 e. The Morgan fingerprint density at radius 3 is 2.60 bits per heavy atom. The third kappa shape index (κ3) is 7.56. The molecule has 0 bridgehead atoms. The summed E-state index contributed by atoms with van der Waals surface area (Å²) < 4.78 is 58.2. The van der Waals surface area contributed by atoms with E-state index in [2.05, 4.69) is 55.2 Å². The van der Waals surface area contributed by atoms with Crippen molar-refractivity contribution in [2.75, 3.05) is 42.5 Å². The highest BCUT2D eigenvalue weighted by Crippen LogP contribution is 2.34. The molecular weight excluding hydrogens is 641 g/mol. The lowest BCUT2D eigenvalue weighted by Gasteiger charge is -2.28. The number of hydrogen-bond donors (Lipinski definition) is 1. The number of nitrogens with zero attached hydrogens (tertiary/aromatic N) is 4. The molecule has 2 aromatic heterocycles. The first kappa shape index (κ1) is 30.6. The predicted octanol–water partition coefficient (Wildman–Crippen LogP) is 6.09. The SMILES string of the molecule is C[Si](C)(C)CCOCn1c(-c2ccc(NS(=O)(=O)Cc3cccc(Br)c3)cc2F)cc2c(N3CCOCC3)ncnc21. The van der Waals surface area contributed by atoms with Gasteiger partial charge in [0, 0.05) is 37.8 Å². The average molecular weight is 677 g/mol. The summed E-state index contributed by atoms with van der Waals surface area (Å²) >= 11 is 3.36. The van der Waals surface area contributed by atoms with Crippen molar-refractivity contribution in [1.82, 2.24) is 14.5 Å². The molecule has 1 aliphatic heterocycles. The molecule has 2 aromatic carbocycles. The van der Waals surface area contributed by atoms with Crippen LogP contribution < -0.4 is 9.62 Å². The van der Waals surface area contributed by atoms with Crippen molar-refractivity contribution in [3.8, 4) is 11.3 Å². The van der Waals surface area contributed by atoms with Crippen LogP contribution in [0.25, 0.3) is 22.3 Å². The van der Waals surface area contributed by atoms with Gasteiger partial charge in [0.05, 0.1) is 35.7 Å². The largest absolute Gasteiger partial charge is 0.378 e. The van der Waals surface area contributed by atoms with E-state index in [1.165, 1.54) is 12.4 Å². The molecular formula is C29H35BrFN5O4SSi. The van der Waals surface area contributed by atoms with Crippen LogP contribution in [0.2, 0.25) is 25.7 Å². The molecule has 0 atom stereocenters. The van der Waals surface area contributed by atoms with Crippen LogP contribution in [0.15, 0.2) is 59.3 Å². The van der Waals surface area contributed by atoms with Gasteiger partial charge in [0.2, 0.25) is 10.0 Å². The van der Waals surface area contributed by atoms with E-state index < -0.39 is 23.9 Å². The predicted molar refractivity (Wildman–Crippen MR) is 170 cm³/mol. The molecule has 0 saturated carbocycles. The van der Waals surface area contributed by atoms with Crippen LogP contribution >= 0.6 is 15.9 Å². The van der Waals surface area contributed by atoms with Gasteiger partial charge in [-0.05, 0) is 48.0 Å². The van der Waals surface area contributed by atoms with Crippen LogP contribution in [0.4, 0.5) is 15.9 Å². The molecule has 13 heteroatoms. The van der Waals surface area contributed by atoms with Crippen molar-refractivity contribution in [2.24, 2.45) is 0 Å². The third-order valence-corrected chi connectivity index (χ3v) is 10.4. The molecule has 4 aromatic rings. The normalized spacial score (nSPS) is 14.5. The quantitative estimate of drug-likeness (QED) is 0.152. The lowest BCUT2D eigenvalue weighted by Crippen LogP contribution is -2.36. The van der Waals surface area contributed by atoms with E-state index in [1.807, 2.05) is 16.7 Å². The van der Waals surface area contributed by atoms with Crippen molar-refractivity contribution in [1.29, 1.82) is 0 Å². The Hall–Kier alpha value is -2.84. The van der Waals surface area contributed by atoms with Gasteiger partial charge < -0.3 is 18.9 Å². The summed E-state index contributed by atoms with van der Waals surface area (Å²) in [5, 5.41) is 0.793. The Bertz CT molecular complexity index is 1670. The first-order valence-electron chi connectivity index (χ1n) is 13.8. The monoisotopic (exact) mass is 675 g/mol. The zero-order valence-electron chi connectivity index (χ0n) is 23.9. The lowest BCUT2D eigenvalue weighted by atomic mass is 10.1. The summed E-state index contributed by atoms with van der Waals surface area (Å²) in [5.74, 6) is -0.0330. The van der Waals surface area contributed by atoms with Gasteiger partial charge in [-0.1, -0.05) is 47.7 Å². The van der Waals surface area contributed by atoms with E-state index in [9.17, 15) is 8.42 Å². The summed E-state index contributed by atoms with van der Waals surface area (Å²) in [5.41, 5.74) is 2.30. The van der Waals surface area contributed by atoms with E-state index >= 15 is 4.39 Å². The van der Waals surface area contributed by atoms with Gasteiger partial charge in [-0.3, -0.25) is 4.72 Å². The number of anilines is 2. The molecule has 0 spiro atoms. The van der Waals surface area contributed by atoms with Gasteiger partial charge in [-0.25, -0.2) is 22.8 Å². The Morgan fingerprint density at radius 1 is 1.10 bits per heavy atom. The second-order valence-corrected chi connectivity index (χ2v) is 19.8. The number of fused-ring (bicyclic) bond motifs is 1. The number of hydrogen-bond acceptors (Lipinski definition) is 7. The maximum atomic E-state index is 15.7.